The highest BCUT2D eigenvalue weighted by Crippen LogP contribution is 2.31. The van der Waals surface area contributed by atoms with Gasteiger partial charge >= 0.3 is 0 Å². The fraction of sp³-hybridized carbons (Fsp3) is 0.0645. The van der Waals surface area contributed by atoms with Crippen LogP contribution in [0.25, 0.3) is 27.7 Å². The second kappa shape index (κ2) is 11.4. The SMILES string of the molecule is Cc1ccc(-c2n[nH]c(Oc3ccc4ccccc4c3)c2/C=N/NC(=O)c2nnn(-c3ccc([N+](=O)[O-])cc3)c2C)cc1. The molecule has 12 nitrogen and oxygen atoms in total. The molecule has 43 heavy (non-hydrogen) atoms. The summed E-state index contributed by atoms with van der Waals surface area (Å²) in [6.45, 7) is 3.67. The van der Waals surface area contributed by atoms with Crippen LogP contribution in [0.5, 0.6) is 11.6 Å². The summed E-state index contributed by atoms with van der Waals surface area (Å²) in [6.07, 6.45) is 1.46. The highest BCUT2D eigenvalue weighted by Gasteiger charge is 2.19. The van der Waals surface area contributed by atoms with Crippen molar-refractivity contribution in [1.29, 1.82) is 0 Å². The van der Waals surface area contributed by atoms with Crippen LogP contribution >= 0.6 is 0 Å². The first-order valence-corrected chi connectivity index (χ1v) is 13.2. The van der Waals surface area contributed by atoms with Crippen LogP contribution in [-0.4, -0.2) is 42.2 Å². The fourth-order valence-electron chi connectivity index (χ4n) is 4.52. The molecular formula is C31H24N8O4. The summed E-state index contributed by atoms with van der Waals surface area (Å²) in [5.41, 5.74) is 6.52. The van der Waals surface area contributed by atoms with Gasteiger partial charge in [0.15, 0.2) is 5.69 Å². The van der Waals surface area contributed by atoms with Gasteiger partial charge in [0.05, 0.1) is 28.1 Å². The molecule has 0 saturated carbocycles. The Labute approximate surface area is 244 Å². The minimum atomic E-state index is -0.584. The summed E-state index contributed by atoms with van der Waals surface area (Å²) in [7, 11) is 0. The highest BCUT2D eigenvalue weighted by atomic mass is 16.6. The first kappa shape index (κ1) is 27.0. The normalized spacial score (nSPS) is 11.2. The fourth-order valence-corrected chi connectivity index (χ4v) is 4.52. The molecule has 0 bridgehead atoms. The van der Waals surface area contributed by atoms with Crippen molar-refractivity contribution in [1.82, 2.24) is 30.6 Å². The Morgan fingerprint density at radius 3 is 2.49 bits per heavy atom. The Balaban J connectivity index is 1.26. The Hall–Kier alpha value is -6.17. The lowest BCUT2D eigenvalue weighted by Gasteiger charge is -2.07. The summed E-state index contributed by atoms with van der Waals surface area (Å²) in [5.74, 6) is 0.374. The number of amides is 1. The molecule has 0 spiro atoms. The molecule has 2 aromatic heterocycles. The van der Waals surface area contributed by atoms with E-state index in [0.29, 0.717) is 34.3 Å². The molecule has 0 radical (unpaired) electrons. The van der Waals surface area contributed by atoms with Gasteiger partial charge in [0.25, 0.3) is 11.6 Å². The number of benzene rings is 4. The van der Waals surface area contributed by atoms with Gasteiger partial charge in [-0.3, -0.25) is 14.9 Å². The maximum absolute atomic E-state index is 13.0. The number of aryl methyl sites for hydroxylation is 1. The van der Waals surface area contributed by atoms with Crippen LogP contribution in [0.15, 0.2) is 96.1 Å². The van der Waals surface area contributed by atoms with Crippen LogP contribution in [0.2, 0.25) is 0 Å². The van der Waals surface area contributed by atoms with Crippen molar-refractivity contribution in [2.24, 2.45) is 5.10 Å². The number of aromatic amines is 1. The number of fused-ring (bicyclic) bond motifs is 1. The molecule has 2 N–H and O–H groups in total. The van der Waals surface area contributed by atoms with E-state index in [4.69, 9.17) is 4.74 Å². The second-order valence-corrected chi connectivity index (χ2v) is 9.70. The van der Waals surface area contributed by atoms with Crippen LogP contribution < -0.4 is 10.2 Å². The van der Waals surface area contributed by atoms with Gasteiger partial charge in [-0.05, 0) is 48.9 Å². The summed E-state index contributed by atoms with van der Waals surface area (Å²) in [6, 6.07) is 27.4. The molecule has 0 aliphatic carbocycles. The molecule has 0 unspecified atom stereocenters. The minimum Gasteiger partial charge on any atom is -0.439 e. The number of H-pyrrole nitrogens is 1. The molecule has 0 fully saturated rings. The maximum Gasteiger partial charge on any atom is 0.293 e. The van der Waals surface area contributed by atoms with Crippen molar-refractivity contribution < 1.29 is 14.5 Å². The van der Waals surface area contributed by atoms with E-state index in [-0.39, 0.29) is 11.4 Å². The smallest absolute Gasteiger partial charge is 0.293 e. The van der Waals surface area contributed by atoms with Crippen molar-refractivity contribution in [2.75, 3.05) is 0 Å². The molecule has 0 aliphatic rings. The lowest BCUT2D eigenvalue weighted by Crippen LogP contribution is -2.19. The summed E-state index contributed by atoms with van der Waals surface area (Å²) >= 11 is 0. The molecule has 4 aromatic carbocycles. The van der Waals surface area contributed by atoms with Gasteiger partial charge in [-0.25, -0.2) is 15.2 Å². The van der Waals surface area contributed by atoms with E-state index in [9.17, 15) is 14.9 Å². The van der Waals surface area contributed by atoms with E-state index >= 15 is 0 Å². The molecule has 0 saturated heterocycles. The summed E-state index contributed by atoms with van der Waals surface area (Å²) < 4.78 is 7.61. The third kappa shape index (κ3) is 5.57. The highest BCUT2D eigenvalue weighted by molar-refractivity contribution is 5.96. The number of hydrazone groups is 1. The molecule has 1 amide bonds. The molecule has 12 heteroatoms. The number of aromatic nitrogens is 5. The first-order chi connectivity index (χ1) is 20.9. The van der Waals surface area contributed by atoms with Gasteiger partial charge in [0.1, 0.15) is 11.4 Å². The van der Waals surface area contributed by atoms with Crippen LogP contribution in [0.1, 0.15) is 27.3 Å². The number of non-ortho nitro benzene ring substituents is 1. The van der Waals surface area contributed by atoms with Crippen LogP contribution in [-0.2, 0) is 0 Å². The predicted molar refractivity (Wildman–Crippen MR) is 161 cm³/mol. The minimum absolute atomic E-state index is 0.0501. The number of carbonyl (C=O) groups excluding carboxylic acids is 1. The predicted octanol–water partition coefficient (Wildman–Crippen LogP) is 5.89. The van der Waals surface area contributed by atoms with Crippen molar-refractivity contribution >= 4 is 28.6 Å². The van der Waals surface area contributed by atoms with E-state index in [2.05, 4.69) is 31.0 Å². The van der Waals surface area contributed by atoms with E-state index in [1.54, 1.807) is 6.92 Å². The number of nitro benzene ring substituents is 1. The number of ether oxygens (including phenoxy) is 1. The van der Waals surface area contributed by atoms with E-state index < -0.39 is 10.8 Å². The lowest BCUT2D eigenvalue weighted by atomic mass is 10.1. The molecule has 212 valence electrons. The largest absolute Gasteiger partial charge is 0.439 e. The molecule has 6 rings (SSSR count). The van der Waals surface area contributed by atoms with Crippen molar-refractivity contribution in [3.05, 3.63) is 124 Å². The van der Waals surface area contributed by atoms with Gasteiger partial charge < -0.3 is 4.74 Å². The number of nitrogens with one attached hydrogen (secondary N) is 2. The van der Waals surface area contributed by atoms with Crippen LogP contribution in [0.4, 0.5) is 5.69 Å². The van der Waals surface area contributed by atoms with Crippen molar-refractivity contribution in [3.63, 3.8) is 0 Å². The molecule has 0 atom stereocenters. The van der Waals surface area contributed by atoms with Gasteiger partial charge in [0, 0.05) is 17.7 Å². The number of rotatable bonds is 8. The zero-order valence-corrected chi connectivity index (χ0v) is 23.1. The molecular weight excluding hydrogens is 548 g/mol. The van der Waals surface area contributed by atoms with Gasteiger partial charge in [0.2, 0.25) is 5.88 Å². The Kier molecular flexibility index (Phi) is 7.15. The van der Waals surface area contributed by atoms with Crippen LogP contribution in [0.3, 0.4) is 0 Å². The number of nitro groups is 1. The Bertz CT molecular complexity index is 1990. The molecule has 2 heterocycles. The van der Waals surface area contributed by atoms with Crippen molar-refractivity contribution in [2.45, 2.75) is 13.8 Å². The molecule has 0 aliphatic heterocycles. The lowest BCUT2D eigenvalue weighted by molar-refractivity contribution is -0.384. The molecule has 6 aromatic rings. The third-order valence-corrected chi connectivity index (χ3v) is 6.81. The second-order valence-electron chi connectivity index (χ2n) is 9.70. The first-order valence-electron chi connectivity index (χ1n) is 13.2. The average molecular weight is 573 g/mol. The quantitative estimate of drug-likeness (QED) is 0.131. The van der Waals surface area contributed by atoms with Gasteiger partial charge in [-0.1, -0.05) is 65.4 Å². The average Bonchev–Trinajstić information content (AvgIpc) is 3.60. The third-order valence-electron chi connectivity index (χ3n) is 6.81. The number of carbonyl (C=O) groups is 1. The van der Waals surface area contributed by atoms with Crippen molar-refractivity contribution in [3.8, 4) is 28.6 Å². The Morgan fingerprint density at radius 1 is 1.00 bits per heavy atom. The maximum atomic E-state index is 13.0. The number of hydrogen-bond acceptors (Lipinski definition) is 8. The zero-order chi connectivity index (χ0) is 29.9. The van der Waals surface area contributed by atoms with Gasteiger partial charge in [-0.2, -0.15) is 10.2 Å². The summed E-state index contributed by atoms with van der Waals surface area (Å²) in [4.78, 5) is 23.5. The standard InChI is InChI=1S/C31H24N8O4/c1-19-7-9-22(10-8-19)29-27(31(36-33-29)43-26-16-11-21-5-3-4-6-23(21)17-26)18-32-35-30(40)28-20(2)38(37-34-28)24-12-14-25(15-13-24)39(41)42/h3-18H,1-2H3,(H,33,36)(H,35,40)/b32-18+. The van der Waals surface area contributed by atoms with E-state index in [1.807, 2.05) is 73.7 Å². The van der Waals surface area contributed by atoms with E-state index in [0.717, 1.165) is 21.9 Å². The van der Waals surface area contributed by atoms with Crippen LogP contribution in [0, 0.1) is 24.0 Å². The van der Waals surface area contributed by atoms with Gasteiger partial charge in [-0.15, -0.1) is 5.10 Å². The number of nitrogens with zero attached hydrogens (tertiary/aromatic N) is 6. The zero-order valence-electron chi connectivity index (χ0n) is 23.1. The summed E-state index contributed by atoms with van der Waals surface area (Å²) in [5, 5.41) is 32.7. The monoisotopic (exact) mass is 572 g/mol. The topological polar surface area (TPSA) is 153 Å². The number of hydrogen-bond donors (Lipinski definition) is 2. The van der Waals surface area contributed by atoms with E-state index in [1.165, 1.54) is 35.2 Å². The Morgan fingerprint density at radius 2 is 1.74 bits per heavy atom.